The molecule has 1 amide bonds. The summed E-state index contributed by atoms with van der Waals surface area (Å²) in [6, 6.07) is 15.3. The van der Waals surface area contributed by atoms with Crippen molar-refractivity contribution in [3.8, 4) is 0 Å². The van der Waals surface area contributed by atoms with Gasteiger partial charge in [0.15, 0.2) is 0 Å². The Morgan fingerprint density at radius 3 is 2.22 bits per heavy atom. The second-order valence-electron chi connectivity index (χ2n) is 9.50. The van der Waals surface area contributed by atoms with Crippen LogP contribution >= 0.6 is 0 Å². The van der Waals surface area contributed by atoms with E-state index in [9.17, 15) is 18.0 Å². The Hall–Kier alpha value is -3.24. The van der Waals surface area contributed by atoms with Crippen molar-refractivity contribution in [3.63, 3.8) is 0 Å². The molecule has 198 valence electrons. The van der Waals surface area contributed by atoms with Crippen molar-refractivity contribution in [1.82, 2.24) is 14.7 Å². The Labute approximate surface area is 214 Å². The van der Waals surface area contributed by atoms with Gasteiger partial charge >= 0.3 is 12.3 Å². The third-order valence-electron chi connectivity index (χ3n) is 7.05. The number of furan rings is 1. The normalized spacial score (nSPS) is 17.9. The number of nitrogens with zero attached hydrogens (tertiary/aromatic N) is 4. The summed E-state index contributed by atoms with van der Waals surface area (Å²) in [6.45, 7) is 7.52. The fourth-order valence-electron chi connectivity index (χ4n) is 4.87. The molecule has 1 aromatic heterocycles. The van der Waals surface area contributed by atoms with E-state index in [-0.39, 0.29) is 6.09 Å². The van der Waals surface area contributed by atoms with Gasteiger partial charge < -0.3 is 19.0 Å². The van der Waals surface area contributed by atoms with Crippen molar-refractivity contribution in [1.29, 1.82) is 0 Å². The van der Waals surface area contributed by atoms with E-state index in [4.69, 9.17) is 9.15 Å². The Morgan fingerprint density at radius 1 is 0.865 bits per heavy atom. The van der Waals surface area contributed by atoms with Crippen LogP contribution in [0.1, 0.15) is 11.3 Å². The Morgan fingerprint density at radius 2 is 1.54 bits per heavy atom. The number of fused-ring (bicyclic) bond motifs is 1. The van der Waals surface area contributed by atoms with Crippen molar-refractivity contribution >= 4 is 22.7 Å². The first-order valence-electron chi connectivity index (χ1n) is 12.6. The molecule has 0 spiro atoms. The molecule has 2 aliphatic rings. The number of hydrogen-bond acceptors (Lipinski definition) is 6. The van der Waals surface area contributed by atoms with Crippen LogP contribution in [0.25, 0.3) is 11.0 Å². The van der Waals surface area contributed by atoms with Gasteiger partial charge in [-0.15, -0.1) is 0 Å². The summed E-state index contributed by atoms with van der Waals surface area (Å²) in [6.07, 6.45) is -4.68. The lowest BCUT2D eigenvalue weighted by Gasteiger charge is -2.36. The topological polar surface area (TPSA) is 52.4 Å². The molecule has 0 unspecified atom stereocenters. The second kappa shape index (κ2) is 11.0. The van der Waals surface area contributed by atoms with Crippen molar-refractivity contribution in [3.05, 3.63) is 65.9 Å². The molecule has 0 aliphatic carbocycles. The third kappa shape index (κ3) is 6.37. The minimum atomic E-state index is -4.34. The van der Waals surface area contributed by atoms with E-state index < -0.39 is 11.7 Å². The van der Waals surface area contributed by atoms with Gasteiger partial charge in [-0.2, -0.15) is 13.2 Å². The first-order valence-corrected chi connectivity index (χ1v) is 12.6. The number of para-hydroxylation sites is 1. The minimum absolute atomic E-state index is 0.335. The highest BCUT2D eigenvalue weighted by Crippen LogP contribution is 2.30. The molecule has 5 rings (SSSR count). The van der Waals surface area contributed by atoms with Gasteiger partial charge in [0.25, 0.3) is 0 Å². The monoisotopic (exact) mass is 516 g/mol. The van der Waals surface area contributed by atoms with Gasteiger partial charge in [0, 0.05) is 70.0 Å². The lowest BCUT2D eigenvalue weighted by atomic mass is 10.1. The molecule has 0 saturated carbocycles. The molecule has 37 heavy (non-hydrogen) atoms. The first kappa shape index (κ1) is 25.4. The Bertz CT molecular complexity index is 1150. The SMILES string of the molecule is O=C(OCCN1CCN(Cc2cc3ccccc3o2)CC1)N1CCN(c2ccc(C(F)(F)F)cc2)CC1. The molecule has 10 heteroatoms. The zero-order chi connectivity index (χ0) is 25.8. The average molecular weight is 517 g/mol. The highest BCUT2D eigenvalue weighted by Gasteiger charge is 2.30. The maximum atomic E-state index is 12.8. The van der Waals surface area contributed by atoms with Crippen LogP contribution in [0.2, 0.25) is 0 Å². The number of rotatable bonds is 6. The molecule has 2 aliphatic heterocycles. The lowest BCUT2D eigenvalue weighted by Crippen LogP contribution is -2.50. The molecule has 0 N–H and O–H groups in total. The molecule has 0 atom stereocenters. The molecule has 2 saturated heterocycles. The molecule has 0 bridgehead atoms. The summed E-state index contributed by atoms with van der Waals surface area (Å²) in [7, 11) is 0. The van der Waals surface area contributed by atoms with Gasteiger partial charge in [-0.1, -0.05) is 18.2 Å². The Kier molecular flexibility index (Phi) is 7.57. The van der Waals surface area contributed by atoms with Crippen molar-refractivity contribution in [2.75, 3.05) is 70.4 Å². The molecule has 3 aromatic rings. The van der Waals surface area contributed by atoms with E-state index in [0.29, 0.717) is 39.3 Å². The van der Waals surface area contributed by atoms with E-state index in [0.717, 1.165) is 67.3 Å². The van der Waals surface area contributed by atoms with Crippen molar-refractivity contribution in [2.45, 2.75) is 12.7 Å². The maximum Gasteiger partial charge on any atom is 0.416 e. The molecule has 0 radical (unpaired) electrons. The zero-order valence-electron chi connectivity index (χ0n) is 20.6. The van der Waals surface area contributed by atoms with Gasteiger partial charge in [0.1, 0.15) is 18.0 Å². The van der Waals surface area contributed by atoms with Crippen molar-refractivity contribution in [2.24, 2.45) is 0 Å². The molecule has 2 aromatic carbocycles. The summed E-state index contributed by atoms with van der Waals surface area (Å²) in [5.74, 6) is 0.974. The van der Waals surface area contributed by atoms with Gasteiger partial charge in [0.2, 0.25) is 0 Å². The number of ether oxygens (including phenoxy) is 1. The highest BCUT2D eigenvalue weighted by molar-refractivity contribution is 5.77. The maximum absolute atomic E-state index is 12.8. The number of amides is 1. The smallest absolute Gasteiger partial charge is 0.416 e. The number of carbonyl (C=O) groups excluding carboxylic acids is 1. The Balaban J connectivity index is 0.986. The predicted octanol–water partition coefficient (Wildman–Crippen LogP) is 4.53. The fraction of sp³-hybridized carbons (Fsp3) is 0.444. The summed E-state index contributed by atoms with van der Waals surface area (Å²) >= 11 is 0. The number of anilines is 1. The highest BCUT2D eigenvalue weighted by atomic mass is 19.4. The molecular weight excluding hydrogens is 485 g/mol. The van der Waals surface area contributed by atoms with E-state index in [1.165, 1.54) is 12.1 Å². The summed E-state index contributed by atoms with van der Waals surface area (Å²) in [5.41, 5.74) is 0.977. The first-order chi connectivity index (χ1) is 17.8. The quantitative estimate of drug-likeness (QED) is 0.480. The van der Waals surface area contributed by atoms with Crippen molar-refractivity contribution < 1.29 is 27.1 Å². The predicted molar refractivity (Wildman–Crippen MR) is 135 cm³/mol. The van der Waals surface area contributed by atoms with Gasteiger partial charge in [-0.25, -0.2) is 4.79 Å². The number of carbonyl (C=O) groups is 1. The second-order valence-corrected chi connectivity index (χ2v) is 9.50. The number of piperazine rings is 2. The molecule has 3 heterocycles. The largest absolute Gasteiger partial charge is 0.460 e. The van der Waals surface area contributed by atoms with E-state index in [1.807, 2.05) is 23.1 Å². The fourth-order valence-corrected chi connectivity index (χ4v) is 4.87. The van der Waals surface area contributed by atoms with Crippen LogP contribution < -0.4 is 4.90 Å². The van der Waals surface area contributed by atoms with Crippen LogP contribution in [0, 0.1) is 0 Å². The summed E-state index contributed by atoms with van der Waals surface area (Å²) in [4.78, 5) is 20.8. The average Bonchev–Trinajstić information content (AvgIpc) is 3.32. The van der Waals surface area contributed by atoms with Gasteiger partial charge in [0.05, 0.1) is 12.1 Å². The molecule has 7 nitrogen and oxygen atoms in total. The molecular formula is C27H31F3N4O3. The minimum Gasteiger partial charge on any atom is -0.460 e. The summed E-state index contributed by atoms with van der Waals surface area (Å²) < 4.78 is 49.8. The van der Waals surface area contributed by atoms with Crippen LogP contribution in [-0.2, 0) is 17.5 Å². The van der Waals surface area contributed by atoms with Crippen LogP contribution in [0.4, 0.5) is 23.7 Å². The lowest BCUT2D eigenvalue weighted by molar-refractivity contribution is -0.137. The van der Waals surface area contributed by atoms with Crippen LogP contribution in [0.5, 0.6) is 0 Å². The number of alkyl halides is 3. The number of halogens is 3. The van der Waals surface area contributed by atoms with Crippen LogP contribution in [-0.4, -0.2) is 86.3 Å². The third-order valence-corrected chi connectivity index (χ3v) is 7.05. The standard InChI is InChI=1S/C27H31F3N4O3/c28-27(29,30)22-5-7-23(8-6-22)33-13-15-34(16-14-33)26(35)36-18-17-31-9-11-32(12-10-31)20-24-19-21-3-1-2-4-25(21)37-24/h1-8,19H,9-18,20H2. The van der Waals surface area contributed by atoms with E-state index >= 15 is 0 Å². The van der Waals surface area contributed by atoms with Crippen LogP contribution in [0.15, 0.2) is 59.0 Å². The van der Waals surface area contributed by atoms with Crippen LogP contribution in [0.3, 0.4) is 0 Å². The van der Waals surface area contributed by atoms with Gasteiger partial charge in [-0.05, 0) is 36.4 Å². The van der Waals surface area contributed by atoms with E-state index in [2.05, 4.69) is 21.9 Å². The van der Waals surface area contributed by atoms with Gasteiger partial charge in [-0.3, -0.25) is 9.80 Å². The zero-order valence-corrected chi connectivity index (χ0v) is 20.6. The number of benzene rings is 2. The molecule has 2 fully saturated rings. The summed E-state index contributed by atoms with van der Waals surface area (Å²) in [5, 5.41) is 1.12. The number of hydrogen-bond donors (Lipinski definition) is 0. The van der Waals surface area contributed by atoms with E-state index in [1.54, 1.807) is 4.90 Å².